The molecule has 1 aliphatic heterocycles. The fraction of sp³-hybridized carbons (Fsp3) is 0.733. The summed E-state index contributed by atoms with van der Waals surface area (Å²) in [5.41, 5.74) is 0.988. The standard InChI is InChI=1S/C15H27N3O2S/c1-11(2)16-8-14-7-15(10-17(14)5)21(19,20)18-9-12(3)6-13(18)4/h7,10-13,16H,6,8-9H2,1-5H3. The van der Waals surface area contributed by atoms with Crippen molar-refractivity contribution >= 4 is 10.0 Å². The fourth-order valence-corrected chi connectivity index (χ4v) is 4.79. The molecule has 0 amide bonds. The second-order valence-electron chi connectivity index (χ2n) is 6.58. The summed E-state index contributed by atoms with van der Waals surface area (Å²) < 4.78 is 29.1. The number of hydrogen-bond donors (Lipinski definition) is 1. The molecular weight excluding hydrogens is 286 g/mol. The van der Waals surface area contributed by atoms with Crippen LogP contribution in [0.2, 0.25) is 0 Å². The average molecular weight is 313 g/mol. The van der Waals surface area contributed by atoms with Gasteiger partial charge in [-0.1, -0.05) is 20.8 Å². The molecule has 1 aromatic heterocycles. The molecule has 2 unspecified atom stereocenters. The molecule has 2 atom stereocenters. The maximum absolute atomic E-state index is 12.8. The Morgan fingerprint density at radius 1 is 1.38 bits per heavy atom. The summed E-state index contributed by atoms with van der Waals surface area (Å²) in [5.74, 6) is 0.431. The summed E-state index contributed by atoms with van der Waals surface area (Å²) in [5, 5.41) is 3.32. The van der Waals surface area contributed by atoms with E-state index < -0.39 is 10.0 Å². The highest BCUT2D eigenvalue weighted by Crippen LogP contribution is 2.29. The lowest BCUT2D eigenvalue weighted by Crippen LogP contribution is -2.33. The zero-order chi connectivity index (χ0) is 15.8. The number of nitrogens with zero attached hydrogens (tertiary/aromatic N) is 2. The van der Waals surface area contributed by atoms with Gasteiger partial charge in [-0.05, 0) is 25.3 Å². The molecule has 1 aliphatic rings. The minimum Gasteiger partial charge on any atom is -0.352 e. The quantitative estimate of drug-likeness (QED) is 0.904. The van der Waals surface area contributed by atoms with E-state index in [1.807, 2.05) is 18.5 Å². The van der Waals surface area contributed by atoms with E-state index >= 15 is 0 Å². The van der Waals surface area contributed by atoms with Gasteiger partial charge in [0.15, 0.2) is 0 Å². The largest absolute Gasteiger partial charge is 0.352 e. The Morgan fingerprint density at radius 2 is 2.05 bits per heavy atom. The molecule has 1 fully saturated rings. The smallest absolute Gasteiger partial charge is 0.244 e. The second-order valence-corrected chi connectivity index (χ2v) is 8.47. The molecule has 0 aliphatic carbocycles. The first kappa shape index (κ1) is 16.5. The molecule has 1 saturated heterocycles. The van der Waals surface area contributed by atoms with Gasteiger partial charge in [-0.25, -0.2) is 8.42 Å². The molecule has 0 bridgehead atoms. The van der Waals surface area contributed by atoms with E-state index in [0.29, 0.717) is 29.9 Å². The van der Waals surface area contributed by atoms with Crippen molar-refractivity contribution in [3.63, 3.8) is 0 Å². The first-order chi connectivity index (χ1) is 9.71. The molecule has 120 valence electrons. The van der Waals surface area contributed by atoms with Crippen LogP contribution in [0.25, 0.3) is 0 Å². The SMILES string of the molecule is CC1CC(C)N(S(=O)(=O)c2cc(CNC(C)C)n(C)c2)C1. The lowest BCUT2D eigenvalue weighted by molar-refractivity contribution is 0.405. The molecule has 1 N–H and O–H groups in total. The molecule has 0 spiro atoms. The number of sulfonamides is 1. The maximum Gasteiger partial charge on any atom is 0.244 e. The van der Waals surface area contributed by atoms with E-state index in [1.54, 1.807) is 16.6 Å². The van der Waals surface area contributed by atoms with Crippen molar-refractivity contribution in [1.29, 1.82) is 0 Å². The van der Waals surface area contributed by atoms with Crippen LogP contribution in [0.3, 0.4) is 0 Å². The van der Waals surface area contributed by atoms with Crippen LogP contribution in [0.5, 0.6) is 0 Å². The molecule has 2 rings (SSSR count). The molecule has 21 heavy (non-hydrogen) atoms. The van der Waals surface area contributed by atoms with Crippen LogP contribution < -0.4 is 5.32 Å². The summed E-state index contributed by atoms with van der Waals surface area (Å²) in [6.07, 6.45) is 2.66. The van der Waals surface area contributed by atoms with E-state index in [4.69, 9.17) is 0 Å². The highest BCUT2D eigenvalue weighted by molar-refractivity contribution is 7.89. The van der Waals surface area contributed by atoms with Gasteiger partial charge in [-0.15, -0.1) is 0 Å². The van der Waals surface area contributed by atoms with Crippen LogP contribution in [0.4, 0.5) is 0 Å². The van der Waals surface area contributed by atoms with Crippen molar-refractivity contribution in [2.24, 2.45) is 13.0 Å². The van der Waals surface area contributed by atoms with E-state index in [0.717, 1.165) is 12.1 Å². The van der Waals surface area contributed by atoms with Crippen LogP contribution in [0.15, 0.2) is 17.2 Å². The normalized spacial score (nSPS) is 24.1. The molecule has 1 aromatic rings. The van der Waals surface area contributed by atoms with Crippen LogP contribution in [0, 0.1) is 5.92 Å². The molecule has 0 aromatic carbocycles. The summed E-state index contributed by atoms with van der Waals surface area (Å²) in [7, 11) is -1.48. The Bertz CT molecular complexity index is 592. The Morgan fingerprint density at radius 3 is 2.57 bits per heavy atom. The zero-order valence-corrected chi connectivity index (χ0v) is 14.4. The molecule has 0 radical (unpaired) electrons. The molecule has 2 heterocycles. The number of aromatic nitrogens is 1. The van der Waals surface area contributed by atoms with E-state index in [9.17, 15) is 8.42 Å². The Hall–Kier alpha value is -0.850. The van der Waals surface area contributed by atoms with Crippen LogP contribution in [-0.4, -0.2) is 35.9 Å². The molecular formula is C15H27N3O2S. The second kappa shape index (κ2) is 6.10. The fourth-order valence-electron chi connectivity index (χ4n) is 2.93. The predicted octanol–water partition coefficient (Wildman–Crippen LogP) is 1.94. The van der Waals surface area contributed by atoms with Gasteiger partial charge in [0, 0.05) is 44.1 Å². The van der Waals surface area contributed by atoms with Crippen LogP contribution in [-0.2, 0) is 23.6 Å². The lowest BCUT2D eigenvalue weighted by Gasteiger charge is -2.20. The Labute approximate surface area is 128 Å². The monoisotopic (exact) mass is 313 g/mol. The molecule has 5 nitrogen and oxygen atoms in total. The van der Waals surface area contributed by atoms with Gasteiger partial charge < -0.3 is 9.88 Å². The van der Waals surface area contributed by atoms with Crippen molar-refractivity contribution in [1.82, 2.24) is 14.2 Å². The van der Waals surface area contributed by atoms with Gasteiger partial charge in [-0.2, -0.15) is 4.31 Å². The summed E-state index contributed by atoms with van der Waals surface area (Å²) in [6, 6.07) is 2.25. The van der Waals surface area contributed by atoms with E-state index in [2.05, 4.69) is 26.1 Å². The average Bonchev–Trinajstić information content (AvgIpc) is 2.90. The molecule has 0 saturated carbocycles. The third-order valence-corrected chi connectivity index (χ3v) is 6.05. The molecule has 6 heteroatoms. The third-order valence-electron chi connectivity index (χ3n) is 4.11. The minimum atomic E-state index is -3.38. The third kappa shape index (κ3) is 3.49. The van der Waals surface area contributed by atoms with Gasteiger partial charge in [-0.3, -0.25) is 0 Å². The van der Waals surface area contributed by atoms with Crippen LogP contribution in [0.1, 0.15) is 39.8 Å². The number of rotatable bonds is 5. The number of hydrogen-bond acceptors (Lipinski definition) is 3. The van der Waals surface area contributed by atoms with Crippen molar-refractivity contribution in [2.75, 3.05) is 6.54 Å². The van der Waals surface area contributed by atoms with Gasteiger partial charge in [0.05, 0.1) is 0 Å². The first-order valence-electron chi connectivity index (χ1n) is 7.62. The van der Waals surface area contributed by atoms with E-state index in [-0.39, 0.29) is 6.04 Å². The van der Waals surface area contributed by atoms with Crippen molar-refractivity contribution < 1.29 is 8.42 Å². The zero-order valence-electron chi connectivity index (χ0n) is 13.6. The predicted molar refractivity (Wildman–Crippen MR) is 84.5 cm³/mol. The summed E-state index contributed by atoms with van der Waals surface area (Å²) in [4.78, 5) is 0.409. The van der Waals surface area contributed by atoms with Crippen molar-refractivity contribution in [2.45, 2.75) is 57.6 Å². The summed E-state index contributed by atoms with van der Waals surface area (Å²) in [6.45, 7) is 9.55. The van der Waals surface area contributed by atoms with Gasteiger partial charge in [0.1, 0.15) is 4.90 Å². The summed E-state index contributed by atoms with van der Waals surface area (Å²) >= 11 is 0. The minimum absolute atomic E-state index is 0.0856. The van der Waals surface area contributed by atoms with E-state index in [1.165, 1.54) is 0 Å². The van der Waals surface area contributed by atoms with Crippen molar-refractivity contribution in [3.05, 3.63) is 18.0 Å². The first-order valence-corrected chi connectivity index (χ1v) is 9.06. The number of aryl methyl sites for hydroxylation is 1. The Kier molecular flexibility index (Phi) is 4.80. The lowest BCUT2D eigenvalue weighted by atomic mass is 10.1. The highest BCUT2D eigenvalue weighted by atomic mass is 32.2. The number of nitrogens with one attached hydrogen (secondary N) is 1. The van der Waals surface area contributed by atoms with Gasteiger partial charge in [0.2, 0.25) is 10.0 Å². The van der Waals surface area contributed by atoms with Crippen molar-refractivity contribution in [3.8, 4) is 0 Å². The topological polar surface area (TPSA) is 54.3 Å². The highest BCUT2D eigenvalue weighted by Gasteiger charge is 2.36. The van der Waals surface area contributed by atoms with Gasteiger partial charge >= 0.3 is 0 Å². The van der Waals surface area contributed by atoms with Gasteiger partial charge in [0.25, 0.3) is 0 Å². The maximum atomic E-state index is 12.8. The Balaban J connectivity index is 2.23. The van der Waals surface area contributed by atoms with Crippen LogP contribution >= 0.6 is 0 Å².